The molecule has 9 nitrogen and oxygen atoms in total. The van der Waals surface area contributed by atoms with E-state index in [0.717, 1.165) is 64.2 Å². The fraction of sp³-hybridized carbons (Fsp3) is 0.217. The lowest BCUT2D eigenvalue weighted by molar-refractivity contribution is 0.174. The number of benzene rings is 2. The Hall–Kier alpha value is -4.14. The molecule has 0 saturated heterocycles. The summed E-state index contributed by atoms with van der Waals surface area (Å²) >= 11 is 0. The normalized spacial score (nSPS) is 18.3. The van der Waals surface area contributed by atoms with Gasteiger partial charge in [0.2, 0.25) is 6.79 Å². The largest absolute Gasteiger partial charge is 0.454 e. The molecule has 2 aromatic carbocycles. The Balaban J connectivity index is 1.38. The van der Waals surface area contributed by atoms with Gasteiger partial charge in [0.25, 0.3) is 0 Å². The van der Waals surface area contributed by atoms with Crippen LogP contribution in [-0.4, -0.2) is 50.4 Å². The molecular weight excluding hydrogens is 406 g/mol. The second kappa shape index (κ2) is 6.43. The van der Waals surface area contributed by atoms with Crippen LogP contribution in [0.5, 0.6) is 11.5 Å². The average Bonchev–Trinajstić information content (AvgIpc) is 3.56. The van der Waals surface area contributed by atoms with Crippen molar-refractivity contribution in [1.29, 1.82) is 0 Å². The summed E-state index contributed by atoms with van der Waals surface area (Å²) in [6.45, 7) is 3.74. The first kappa shape index (κ1) is 17.5. The van der Waals surface area contributed by atoms with E-state index in [1.54, 1.807) is 0 Å². The Labute approximate surface area is 183 Å². The summed E-state index contributed by atoms with van der Waals surface area (Å²) in [4.78, 5) is 16.9. The van der Waals surface area contributed by atoms with E-state index in [1.165, 1.54) is 0 Å². The van der Waals surface area contributed by atoms with Crippen LogP contribution in [-0.2, 0) is 0 Å². The number of aryl methyl sites for hydroxylation is 1. The van der Waals surface area contributed by atoms with Gasteiger partial charge in [0.05, 0.1) is 17.9 Å². The van der Waals surface area contributed by atoms with Crippen LogP contribution in [0.2, 0.25) is 0 Å². The highest BCUT2D eigenvalue weighted by atomic mass is 16.7. The van der Waals surface area contributed by atoms with Crippen molar-refractivity contribution in [2.24, 2.45) is 4.99 Å². The predicted octanol–water partition coefficient (Wildman–Crippen LogP) is 3.04. The molecule has 1 unspecified atom stereocenters. The molecule has 2 aromatic heterocycles. The average molecular weight is 425 g/mol. The second-order valence-corrected chi connectivity index (χ2v) is 7.98. The lowest BCUT2D eigenvalue weighted by Crippen LogP contribution is -2.42. The summed E-state index contributed by atoms with van der Waals surface area (Å²) in [5.74, 6) is 3.09. The van der Waals surface area contributed by atoms with Crippen LogP contribution in [0.3, 0.4) is 0 Å². The third-order valence-corrected chi connectivity index (χ3v) is 6.06. The first-order chi connectivity index (χ1) is 15.8. The number of nitrogens with one attached hydrogen (secondary N) is 1. The van der Waals surface area contributed by atoms with Gasteiger partial charge in [-0.25, -0.2) is 14.6 Å². The third-order valence-electron chi connectivity index (χ3n) is 6.06. The summed E-state index contributed by atoms with van der Waals surface area (Å²) in [6, 6.07) is 16.0. The number of hydrogen-bond donors (Lipinski definition) is 1. The summed E-state index contributed by atoms with van der Waals surface area (Å²) in [5, 5.41) is 8.30. The van der Waals surface area contributed by atoms with Crippen LogP contribution in [0.25, 0.3) is 16.9 Å². The molecule has 158 valence electrons. The van der Waals surface area contributed by atoms with Crippen LogP contribution in [0.1, 0.15) is 23.1 Å². The van der Waals surface area contributed by atoms with Crippen molar-refractivity contribution in [1.82, 2.24) is 24.6 Å². The zero-order valence-corrected chi connectivity index (χ0v) is 17.3. The Morgan fingerprint density at radius 2 is 1.91 bits per heavy atom. The van der Waals surface area contributed by atoms with Gasteiger partial charge in [0.15, 0.2) is 28.8 Å². The Bertz CT molecular complexity index is 1410. The number of amidine groups is 1. The number of aliphatic imine (C=N–C) groups is 1. The van der Waals surface area contributed by atoms with Gasteiger partial charge >= 0.3 is 0 Å². The van der Waals surface area contributed by atoms with Crippen LogP contribution < -0.4 is 14.8 Å². The summed E-state index contributed by atoms with van der Waals surface area (Å²) < 4.78 is 12.9. The van der Waals surface area contributed by atoms with Gasteiger partial charge in [0, 0.05) is 6.54 Å². The van der Waals surface area contributed by atoms with Gasteiger partial charge in [-0.15, -0.1) is 0 Å². The number of anilines is 1. The minimum Gasteiger partial charge on any atom is -0.454 e. The molecule has 1 N–H and O–H groups in total. The zero-order valence-electron chi connectivity index (χ0n) is 17.3. The van der Waals surface area contributed by atoms with Crippen LogP contribution >= 0.6 is 0 Å². The maximum Gasteiger partial charge on any atom is 0.231 e. The molecular formula is C23H19N7O2. The Morgan fingerprint density at radius 1 is 1.03 bits per heavy atom. The fourth-order valence-corrected chi connectivity index (χ4v) is 4.54. The molecule has 0 saturated carbocycles. The molecule has 1 atom stereocenters. The molecule has 0 amide bonds. The van der Waals surface area contributed by atoms with Crippen molar-refractivity contribution in [3.8, 4) is 17.2 Å². The standard InChI is InChI=1S/C23H19N7O2/c1-13-18-23(30(28-13)15-5-3-2-4-6-15)27-20-19(25-18)22-24-9-10-29(22)21(26-20)14-7-8-16-17(11-14)32-12-31-16/h2-8,11,21H,9-10,12H2,1H3,(H,26,27). The zero-order chi connectivity index (χ0) is 21.2. The molecule has 4 aromatic rings. The van der Waals surface area contributed by atoms with Crippen molar-refractivity contribution in [2.45, 2.75) is 13.1 Å². The SMILES string of the molecule is Cc1nn(-c2ccccc2)c2nc3c(nc12)C1=NCCN1C(c1ccc2c(c1)OCO2)N3. The topological polar surface area (TPSA) is 89.7 Å². The van der Waals surface area contributed by atoms with E-state index in [1.807, 2.05) is 54.1 Å². The highest BCUT2D eigenvalue weighted by Gasteiger charge is 2.37. The summed E-state index contributed by atoms with van der Waals surface area (Å²) in [7, 11) is 0. The maximum atomic E-state index is 5.60. The van der Waals surface area contributed by atoms with Crippen molar-refractivity contribution >= 4 is 22.8 Å². The van der Waals surface area contributed by atoms with Crippen molar-refractivity contribution in [2.75, 3.05) is 25.2 Å². The predicted molar refractivity (Wildman–Crippen MR) is 118 cm³/mol. The smallest absolute Gasteiger partial charge is 0.231 e. The lowest BCUT2D eigenvalue weighted by Gasteiger charge is -2.36. The molecule has 32 heavy (non-hydrogen) atoms. The molecule has 3 aliphatic heterocycles. The molecule has 0 aliphatic carbocycles. The van der Waals surface area contributed by atoms with Gasteiger partial charge in [-0.3, -0.25) is 4.99 Å². The molecule has 7 rings (SSSR count). The summed E-state index contributed by atoms with van der Waals surface area (Å²) in [5.41, 5.74) is 5.11. The third kappa shape index (κ3) is 2.44. The van der Waals surface area contributed by atoms with E-state index >= 15 is 0 Å². The minimum absolute atomic E-state index is 0.126. The van der Waals surface area contributed by atoms with Crippen LogP contribution in [0.15, 0.2) is 53.5 Å². The van der Waals surface area contributed by atoms with Crippen molar-refractivity contribution in [3.05, 3.63) is 65.5 Å². The number of rotatable bonds is 2. The quantitative estimate of drug-likeness (QED) is 0.528. The van der Waals surface area contributed by atoms with Gasteiger partial charge in [-0.1, -0.05) is 24.3 Å². The molecule has 3 aliphatic rings. The maximum absolute atomic E-state index is 5.60. The Kier molecular flexibility index (Phi) is 3.52. The highest BCUT2D eigenvalue weighted by molar-refractivity contribution is 6.05. The number of fused-ring (bicyclic) bond motifs is 5. The number of hydrogen-bond acceptors (Lipinski definition) is 8. The number of ether oxygens (including phenoxy) is 2. The van der Waals surface area contributed by atoms with E-state index in [-0.39, 0.29) is 13.0 Å². The molecule has 5 heterocycles. The fourth-order valence-electron chi connectivity index (χ4n) is 4.54. The van der Waals surface area contributed by atoms with E-state index < -0.39 is 0 Å². The number of nitrogens with zero attached hydrogens (tertiary/aromatic N) is 6. The van der Waals surface area contributed by atoms with Crippen LogP contribution in [0.4, 0.5) is 5.82 Å². The van der Waals surface area contributed by atoms with Gasteiger partial charge in [-0.05, 0) is 36.8 Å². The molecule has 9 heteroatoms. The minimum atomic E-state index is -0.126. The van der Waals surface area contributed by atoms with E-state index in [0.29, 0.717) is 5.82 Å². The summed E-state index contributed by atoms with van der Waals surface area (Å²) in [6.07, 6.45) is -0.126. The number of aromatic nitrogens is 4. The molecule has 0 bridgehead atoms. The highest BCUT2D eigenvalue weighted by Crippen LogP contribution is 2.39. The van der Waals surface area contributed by atoms with Gasteiger partial charge < -0.3 is 19.7 Å². The first-order valence-electron chi connectivity index (χ1n) is 10.6. The van der Waals surface area contributed by atoms with Crippen molar-refractivity contribution in [3.63, 3.8) is 0 Å². The van der Waals surface area contributed by atoms with E-state index in [4.69, 9.17) is 29.5 Å². The van der Waals surface area contributed by atoms with Crippen LogP contribution in [0, 0.1) is 6.92 Å². The van der Waals surface area contributed by atoms with Crippen molar-refractivity contribution < 1.29 is 9.47 Å². The Morgan fingerprint density at radius 3 is 2.81 bits per heavy atom. The number of para-hydroxylation sites is 1. The second-order valence-electron chi connectivity index (χ2n) is 7.98. The molecule has 0 spiro atoms. The lowest BCUT2D eigenvalue weighted by atomic mass is 10.1. The van der Waals surface area contributed by atoms with E-state index in [2.05, 4.69) is 16.3 Å². The monoisotopic (exact) mass is 425 g/mol. The molecule has 0 radical (unpaired) electrons. The van der Waals surface area contributed by atoms with Gasteiger partial charge in [0.1, 0.15) is 17.4 Å². The van der Waals surface area contributed by atoms with Gasteiger partial charge in [-0.2, -0.15) is 5.10 Å². The van der Waals surface area contributed by atoms with E-state index in [9.17, 15) is 0 Å². The first-order valence-corrected chi connectivity index (χ1v) is 10.6. The molecule has 0 fully saturated rings.